The summed E-state index contributed by atoms with van der Waals surface area (Å²) in [5.74, 6) is 0.244. The van der Waals surface area contributed by atoms with E-state index in [1.807, 2.05) is 20.8 Å². The van der Waals surface area contributed by atoms with Gasteiger partial charge in [-0.25, -0.2) is 9.59 Å². The molecule has 0 aromatic heterocycles. The van der Waals surface area contributed by atoms with Crippen molar-refractivity contribution in [1.29, 1.82) is 0 Å². The highest BCUT2D eigenvalue weighted by molar-refractivity contribution is 5.90. The molecule has 1 aromatic rings. The predicted octanol–water partition coefficient (Wildman–Crippen LogP) is 3.25. The Morgan fingerprint density at radius 3 is 2.42 bits per heavy atom. The van der Waals surface area contributed by atoms with Crippen molar-refractivity contribution in [3.63, 3.8) is 0 Å². The maximum atomic E-state index is 12.2. The smallest absolute Gasteiger partial charge is 0.410 e. The molecule has 6 heteroatoms. The number of carbonyl (C=O) groups is 2. The maximum Gasteiger partial charge on any atom is 0.410 e. The first-order chi connectivity index (χ1) is 11.3. The van der Waals surface area contributed by atoms with Crippen LogP contribution in [0.3, 0.4) is 0 Å². The fourth-order valence-electron chi connectivity index (χ4n) is 2.45. The van der Waals surface area contributed by atoms with Gasteiger partial charge >= 0.3 is 12.1 Å². The number of carbonyl (C=O) groups excluding carboxylic acids is 2. The first-order valence-corrected chi connectivity index (χ1v) is 8.11. The molecule has 1 saturated heterocycles. The highest BCUT2D eigenvalue weighted by Gasteiger charge is 2.28. The van der Waals surface area contributed by atoms with Crippen LogP contribution in [-0.2, 0) is 9.47 Å². The van der Waals surface area contributed by atoms with Crippen LogP contribution in [0, 0.1) is 0 Å². The molecule has 6 nitrogen and oxygen atoms in total. The molecular weight excluding hydrogens is 310 g/mol. The molecule has 1 aliphatic rings. The molecule has 1 heterocycles. The first kappa shape index (κ1) is 18.1. The zero-order valence-corrected chi connectivity index (χ0v) is 14.7. The summed E-state index contributed by atoms with van der Waals surface area (Å²) < 4.78 is 16.0. The Balaban J connectivity index is 1.84. The van der Waals surface area contributed by atoms with Gasteiger partial charge in [-0.2, -0.15) is 0 Å². The van der Waals surface area contributed by atoms with Crippen molar-refractivity contribution < 1.29 is 23.8 Å². The first-order valence-electron chi connectivity index (χ1n) is 8.11. The molecular formula is C18H25NO5. The number of methoxy groups -OCH3 is 1. The molecule has 1 aromatic carbocycles. The van der Waals surface area contributed by atoms with Gasteiger partial charge in [-0.05, 0) is 39.0 Å². The largest absolute Gasteiger partial charge is 0.497 e. The van der Waals surface area contributed by atoms with Crippen LogP contribution in [0.25, 0.3) is 0 Å². The van der Waals surface area contributed by atoms with E-state index in [1.165, 1.54) is 0 Å². The highest BCUT2D eigenvalue weighted by Crippen LogP contribution is 2.20. The van der Waals surface area contributed by atoms with Crippen molar-refractivity contribution in [2.45, 2.75) is 45.3 Å². The van der Waals surface area contributed by atoms with E-state index >= 15 is 0 Å². The monoisotopic (exact) mass is 335 g/mol. The number of piperidine rings is 1. The van der Waals surface area contributed by atoms with Crippen molar-refractivity contribution in [1.82, 2.24) is 4.90 Å². The van der Waals surface area contributed by atoms with E-state index in [2.05, 4.69) is 0 Å². The van der Waals surface area contributed by atoms with Crippen molar-refractivity contribution >= 4 is 12.1 Å². The molecule has 0 radical (unpaired) electrons. The zero-order chi connectivity index (χ0) is 17.7. The van der Waals surface area contributed by atoms with Gasteiger partial charge in [0.15, 0.2) is 0 Å². The third-order valence-corrected chi connectivity index (χ3v) is 3.67. The zero-order valence-electron chi connectivity index (χ0n) is 14.7. The molecule has 0 aliphatic carbocycles. The minimum absolute atomic E-state index is 0.192. The van der Waals surface area contributed by atoms with Crippen molar-refractivity contribution in [2.24, 2.45) is 0 Å². The number of hydrogen-bond donors (Lipinski definition) is 0. The molecule has 0 atom stereocenters. The van der Waals surface area contributed by atoms with Crippen molar-refractivity contribution in [2.75, 3.05) is 20.2 Å². The number of amides is 1. The summed E-state index contributed by atoms with van der Waals surface area (Å²) in [7, 11) is 1.55. The number of esters is 1. The van der Waals surface area contributed by atoms with Gasteiger partial charge in [0.2, 0.25) is 0 Å². The minimum atomic E-state index is -0.507. The summed E-state index contributed by atoms with van der Waals surface area (Å²) in [6, 6.07) is 6.87. The summed E-state index contributed by atoms with van der Waals surface area (Å²) in [4.78, 5) is 25.9. The van der Waals surface area contributed by atoms with Gasteiger partial charge in [-0.1, -0.05) is 6.07 Å². The van der Waals surface area contributed by atoms with Crippen LogP contribution >= 0.6 is 0 Å². The summed E-state index contributed by atoms with van der Waals surface area (Å²) in [6.45, 7) is 6.56. The van der Waals surface area contributed by atoms with Crippen LogP contribution in [0.2, 0.25) is 0 Å². The van der Waals surface area contributed by atoms with Gasteiger partial charge in [0.05, 0.1) is 12.7 Å². The van der Waals surface area contributed by atoms with Crippen LogP contribution in [0.15, 0.2) is 24.3 Å². The molecule has 1 amide bonds. The summed E-state index contributed by atoms with van der Waals surface area (Å²) in [5.41, 5.74) is -0.0452. The fraction of sp³-hybridized carbons (Fsp3) is 0.556. The number of hydrogen-bond acceptors (Lipinski definition) is 5. The highest BCUT2D eigenvalue weighted by atomic mass is 16.6. The fourth-order valence-corrected chi connectivity index (χ4v) is 2.45. The Labute approximate surface area is 142 Å². The molecule has 2 rings (SSSR count). The number of benzene rings is 1. The van der Waals surface area contributed by atoms with E-state index < -0.39 is 5.60 Å². The SMILES string of the molecule is COc1cccc(C(=O)OC2CCN(C(=O)OC(C)(C)C)CC2)c1. The standard InChI is InChI=1S/C18H25NO5/c1-18(2,3)24-17(21)19-10-8-14(9-11-19)23-16(20)13-6-5-7-15(12-13)22-4/h5-7,12,14H,8-11H2,1-4H3. The Hall–Kier alpha value is -2.24. The molecule has 0 bridgehead atoms. The van der Waals surface area contributed by atoms with Gasteiger partial charge in [-0.15, -0.1) is 0 Å². The van der Waals surface area contributed by atoms with E-state index in [-0.39, 0.29) is 18.2 Å². The Morgan fingerprint density at radius 1 is 1.17 bits per heavy atom. The Morgan fingerprint density at radius 2 is 1.83 bits per heavy atom. The van der Waals surface area contributed by atoms with Crippen LogP contribution in [0.4, 0.5) is 4.79 Å². The van der Waals surface area contributed by atoms with Gasteiger partial charge in [-0.3, -0.25) is 0 Å². The summed E-state index contributed by atoms with van der Waals surface area (Å²) in [5, 5.41) is 0. The lowest BCUT2D eigenvalue weighted by atomic mass is 10.1. The second-order valence-corrected chi connectivity index (χ2v) is 6.80. The molecule has 0 spiro atoms. The van der Waals surface area contributed by atoms with E-state index in [0.29, 0.717) is 37.2 Å². The molecule has 1 aliphatic heterocycles. The maximum absolute atomic E-state index is 12.2. The molecule has 0 saturated carbocycles. The van der Waals surface area contributed by atoms with Crippen molar-refractivity contribution in [3.05, 3.63) is 29.8 Å². The van der Waals surface area contributed by atoms with E-state index in [4.69, 9.17) is 14.2 Å². The molecule has 1 fully saturated rings. The summed E-state index contributed by atoms with van der Waals surface area (Å²) in [6.07, 6.45) is 0.701. The van der Waals surface area contributed by atoms with Crippen LogP contribution in [0.1, 0.15) is 44.0 Å². The van der Waals surface area contributed by atoms with Crippen LogP contribution < -0.4 is 4.74 Å². The Kier molecular flexibility index (Phi) is 5.70. The molecule has 24 heavy (non-hydrogen) atoms. The van der Waals surface area contributed by atoms with Gasteiger partial charge in [0.25, 0.3) is 0 Å². The number of ether oxygens (including phenoxy) is 3. The topological polar surface area (TPSA) is 65.1 Å². The third-order valence-electron chi connectivity index (χ3n) is 3.67. The lowest BCUT2D eigenvalue weighted by Crippen LogP contribution is -2.43. The van der Waals surface area contributed by atoms with Crippen molar-refractivity contribution in [3.8, 4) is 5.75 Å². The van der Waals surface area contributed by atoms with Gasteiger partial charge in [0.1, 0.15) is 17.5 Å². The quantitative estimate of drug-likeness (QED) is 0.793. The average Bonchev–Trinajstić information content (AvgIpc) is 2.54. The minimum Gasteiger partial charge on any atom is -0.497 e. The second kappa shape index (κ2) is 7.55. The number of nitrogens with zero attached hydrogens (tertiary/aromatic N) is 1. The predicted molar refractivity (Wildman–Crippen MR) is 89.2 cm³/mol. The third kappa shape index (κ3) is 5.15. The average molecular weight is 335 g/mol. The van der Waals surface area contributed by atoms with E-state index in [1.54, 1.807) is 36.3 Å². The normalized spacial score (nSPS) is 15.8. The number of rotatable bonds is 3. The van der Waals surface area contributed by atoms with Gasteiger partial charge < -0.3 is 19.1 Å². The second-order valence-electron chi connectivity index (χ2n) is 6.80. The molecule has 132 valence electrons. The lowest BCUT2D eigenvalue weighted by Gasteiger charge is -2.33. The van der Waals surface area contributed by atoms with E-state index in [0.717, 1.165) is 0 Å². The number of likely N-dealkylation sites (tertiary alicyclic amines) is 1. The van der Waals surface area contributed by atoms with Crippen LogP contribution in [-0.4, -0.2) is 48.9 Å². The molecule has 0 N–H and O–H groups in total. The Bertz CT molecular complexity index is 585. The summed E-state index contributed by atoms with van der Waals surface area (Å²) >= 11 is 0. The lowest BCUT2D eigenvalue weighted by molar-refractivity contribution is -0.00341. The van der Waals surface area contributed by atoms with Crippen LogP contribution in [0.5, 0.6) is 5.75 Å². The van der Waals surface area contributed by atoms with Gasteiger partial charge in [0, 0.05) is 25.9 Å². The molecule has 0 unspecified atom stereocenters. The van der Waals surface area contributed by atoms with E-state index in [9.17, 15) is 9.59 Å².